The summed E-state index contributed by atoms with van der Waals surface area (Å²) in [7, 11) is 0. The summed E-state index contributed by atoms with van der Waals surface area (Å²) in [4.78, 5) is 7.88. The van der Waals surface area contributed by atoms with Gasteiger partial charge in [0, 0.05) is 38.3 Å². The lowest BCUT2D eigenvalue weighted by Crippen LogP contribution is -2.49. The highest BCUT2D eigenvalue weighted by Crippen LogP contribution is 2.18. The maximum atomic E-state index is 4.00. The first-order valence-corrected chi connectivity index (χ1v) is 8.53. The first-order valence-electron chi connectivity index (χ1n) is 8.53. The zero-order valence-electron chi connectivity index (χ0n) is 13.6. The van der Waals surface area contributed by atoms with Crippen molar-refractivity contribution < 1.29 is 0 Å². The SMILES string of the molecule is C=C[C@H]1CCCCN1CCCN1CCN(C(C)C)CC1. The fourth-order valence-corrected chi connectivity index (χ4v) is 3.56. The summed E-state index contributed by atoms with van der Waals surface area (Å²) in [6.07, 6.45) is 7.53. The second-order valence-electron chi connectivity index (χ2n) is 6.66. The number of rotatable bonds is 6. The summed E-state index contributed by atoms with van der Waals surface area (Å²) in [6, 6.07) is 1.35. The van der Waals surface area contributed by atoms with E-state index < -0.39 is 0 Å². The molecular weight excluding hydrogens is 246 g/mol. The molecule has 0 N–H and O–H groups in total. The smallest absolute Gasteiger partial charge is 0.0275 e. The van der Waals surface area contributed by atoms with E-state index in [9.17, 15) is 0 Å². The van der Waals surface area contributed by atoms with Crippen LogP contribution in [0.5, 0.6) is 0 Å². The Morgan fingerprint density at radius 1 is 1.05 bits per heavy atom. The third-order valence-electron chi connectivity index (χ3n) is 4.99. The van der Waals surface area contributed by atoms with E-state index in [2.05, 4.69) is 41.2 Å². The van der Waals surface area contributed by atoms with Crippen LogP contribution in [0.4, 0.5) is 0 Å². The zero-order valence-corrected chi connectivity index (χ0v) is 13.6. The van der Waals surface area contributed by atoms with E-state index in [1.165, 1.54) is 71.5 Å². The zero-order chi connectivity index (χ0) is 14.4. The highest BCUT2D eigenvalue weighted by Gasteiger charge is 2.21. The monoisotopic (exact) mass is 279 g/mol. The molecular formula is C17H33N3. The normalized spacial score (nSPS) is 27.1. The van der Waals surface area contributed by atoms with Gasteiger partial charge in [0.2, 0.25) is 0 Å². The van der Waals surface area contributed by atoms with Crippen LogP contribution in [0.25, 0.3) is 0 Å². The van der Waals surface area contributed by atoms with Crippen molar-refractivity contribution in [1.29, 1.82) is 0 Å². The first kappa shape index (κ1) is 16.0. The largest absolute Gasteiger partial charge is 0.301 e. The number of nitrogens with zero attached hydrogens (tertiary/aromatic N) is 3. The molecule has 0 aliphatic carbocycles. The van der Waals surface area contributed by atoms with E-state index >= 15 is 0 Å². The third-order valence-corrected chi connectivity index (χ3v) is 4.99. The molecule has 0 aromatic heterocycles. The molecule has 3 nitrogen and oxygen atoms in total. The molecule has 3 heteroatoms. The summed E-state index contributed by atoms with van der Waals surface area (Å²) >= 11 is 0. The van der Waals surface area contributed by atoms with Crippen LogP contribution in [0.15, 0.2) is 12.7 Å². The molecule has 0 spiro atoms. The van der Waals surface area contributed by atoms with Gasteiger partial charge < -0.3 is 4.90 Å². The van der Waals surface area contributed by atoms with Crippen molar-refractivity contribution in [1.82, 2.24) is 14.7 Å². The molecule has 0 amide bonds. The Labute approximate surface area is 125 Å². The van der Waals surface area contributed by atoms with Crippen molar-refractivity contribution >= 4 is 0 Å². The van der Waals surface area contributed by atoms with E-state index in [0.717, 1.165) is 0 Å². The summed E-state index contributed by atoms with van der Waals surface area (Å²) in [5.74, 6) is 0. The van der Waals surface area contributed by atoms with Gasteiger partial charge in [0.1, 0.15) is 0 Å². The highest BCUT2D eigenvalue weighted by molar-refractivity contribution is 4.90. The lowest BCUT2D eigenvalue weighted by molar-refractivity contribution is 0.101. The molecule has 2 fully saturated rings. The van der Waals surface area contributed by atoms with Crippen LogP contribution >= 0.6 is 0 Å². The molecule has 0 bridgehead atoms. The number of likely N-dealkylation sites (tertiary alicyclic amines) is 1. The highest BCUT2D eigenvalue weighted by atomic mass is 15.3. The number of hydrogen-bond acceptors (Lipinski definition) is 3. The Hall–Kier alpha value is -0.380. The Morgan fingerprint density at radius 2 is 1.80 bits per heavy atom. The predicted octanol–water partition coefficient (Wildman–Crippen LogP) is 2.44. The summed E-state index contributed by atoms with van der Waals surface area (Å²) in [5, 5.41) is 0. The van der Waals surface area contributed by atoms with Crippen LogP contribution in [-0.2, 0) is 0 Å². The minimum atomic E-state index is 0.640. The van der Waals surface area contributed by atoms with Gasteiger partial charge in [-0.05, 0) is 52.7 Å². The Morgan fingerprint density at radius 3 is 2.45 bits per heavy atom. The van der Waals surface area contributed by atoms with Gasteiger partial charge in [0.05, 0.1) is 0 Å². The van der Waals surface area contributed by atoms with Crippen molar-refractivity contribution in [3.63, 3.8) is 0 Å². The lowest BCUT2D eigenvalue weighted by atomic mass is 10.0. The van der Waals surface area contributed by atoms with Gasteiger partial charge in [0.15, 0.2) is 0 Å². The molecule has 0 unspecified atom stereocenters. The van der Waals surface area contributed by atoms with Crippen LogP contribution < -0.4 is 0 Å². The number of piperazine rings is 1. The molecule has 1 atom stereocenters. The maximum absolute atomic E-state index is 4.00. The van der Waals surface area contributed by atoms with Crippen molar-refractivity contribution in [3.05, 3.63) is 12.7 Å². The van der Waals surface area contributed by atoms with E-state index in [0.29, 0.717) is 12.1 Å². The van der Waals surface area contributed by atoms with Crippen molar-refractivity contribution in [3.8, 4) is 0 Å². The van der Waals surface area contributed by atoms with Gasteiger partial charge in [-0.2, -0.15) is 0 Å². The third kappa shape index (κ3) is 4.57. The van der Waals surface area contributed by atoms with Gasteiger partial charge in [-0.25, -0.2) is 0 Å². The van der Waals surface area contributed by atoms with Gasteiger partial charge in [0.25, 0.3) is 0 Å². The molecule has 0 saturated carbocycles. The second kappa shape index (κ2) is 8.16. The van der Waals surface area contributed by atoms with Gasteiger partial charge in [-0.1, -0.05) is 12.5 Å². The van der Waals surface area contributed by atoms with E-state index in [1.807, 2.05) is 0 Å². The topological polar surface area (TPSA) is 9.72 Å². The number of piperidine rings is 1. The van der Waals surface area contributed by atoms with Crippen LogP contribution in [0.2, 0.25) is 0 Å². The Kier molecular flexibility index (Phi) is 6.53. The molecule has 2 aliphatic rings. The molecule has 20 heavy (non-hydrogen) atoms. The van der Waals surface area contributed by atoms with Crippen molar-refractivity contribution in [2.75, 3.05) is 45.8 Å². The fourth-order valence-electron chi connectivity index (χ4n) is 3.56. The molecule has 116 valence electrons. The van der Waals surface area contributed by atoms with E-state index in [1.54, 1.807) is 0 Å². The molecule has 2 saturated heterocycles. The van der Waals surface area contributed by atoms with Gasteiger partial charge >= 0.3 is 0 Å². The minimum absolute atomic E-state index is 0.640. The van der Waals surface area contributed by atoms with Crippen LogP contribution in [0, 0.1) is 0 Å². The Balaban J connectivity index is 1.62. The van der Waals surface area contributed by atoms with Crippen LogP contribution in [-0.4, -0.2) is 72.6 Å². The lowest BCUT2D eigenvalue weighted by Gasteiger charge is -2.38. The quantitative estimate of drug-likeness (QED) is 0.692. The number of hydrogen-bond donors (Lipinski definition) is 0. The van der Waals surface area contributed by atoms with Crippen molar-refractivity contribution in [2.24, 2.45) is 0 Å². The molecule has 0 radical (unpaired) electrons. The summed E-state index contributed by atoms with van der Waals surface area (Å²) in [6.45, 7) is 17.4. The van der Waals surface area contributed by atoms with E-state index in [-0.39, 0.29) is 0 Å². The van der Waals surface area contributed by atoms with Gasteiger partial charge in [-0.15, -0.1) is 6.58 Å². The maximum Gasteiger partial charge on any atom is 0.0275 e. The minimum Gasteiger partial charge on any atom is -0.301 e. The standard InChI is InChI=1S/C17H33N3/c1-4-17-8-5-6-10-20(17)11-7-9-18-12-14-19(15-13-18)16(2)3/h4,16-17H,1,5-15H2,2-3H3/t17-/m0/s1. The van der Waals surface area contributed by atoms with Crippen LogP contribution in [0.1, 0.15) is 39.5 Å². The average Bonchev–Trinajstić information content (AvgIpc) is 2.48. The van der Waals surface area contributed by atoms with Crippen LogP contribution in [0.3, 0.4) is 0 Å². The summed E-state index contributed by atoms with van der Waals surface area (Å²) in [5.41, 5.74) is 0. The first-order chi connectivity index (χ1) is 9.70. The molecule has 2 rings (SSSR count). The molecule has 2 heterocycles. The molecule has 0 aromatic carbocycles. The molecule has 2 aliphatic heterocycles. The van der Waals surface area contributed by atoms with Gasteiger partial charge in [-0.3, -0.25) is 9.80 Å². The predicted molar refractivity (Wildman–Crippen MR) is 87.2 cm³/mol. The summed E-state index contributed by atoms with van der Waals surface area (Å²) < 4.78 is 0. The Bertz CT molecular complexity index is 282. The van der Waals surface area contributed by atoms with Crippen molar-refractivity contribution in [2.45, 2.75) is 51.6 Å². The average molecular weight is 279 g/mol. The fraction of sp³-hybridized carbons (Fsp3) is 0.882. The van der Waals surface area contributed by atoms with E-state index in [4.69, 9.17) is 0 Å². The second-order valence-corrected chi connectivity index (χ2v) is 6.66. The molecule has 0 aromatic rings.